The first-order valence-corrected chi connectivity index (χ1v) is 12.3. The number of carbonyl (C=O) groups excluding carboxylic acids is 2. The Morgan fingerprint density at radius 2 is 1.77 bits per heavy atom. The third-order valence-electron chi connectivity index (χ3n) is 5.86. The number of aromatic nitrogens is 1. The number of thiophene rings is 1. The van der Waals surface area contributed by atoms with E-state index in [1.165, 1.54) is 11.3 Å². The van der Waals surface area contributed by atoms with E-state index < -0.39 is 6.04 Å². The summed E-state index contributed by atoms with van der Waals surface area (Å²) in [5, 5.41) is 10.9. The molecule has 5 rings (SSSR count). The molecule has 3 N–H and O–H groups in total. The summed E-state index contributed by atoms with van der Waals surface area (Å²) in [6.07, 6.45) is 2.27. The smallest absolute Gasteiger partial charge is 0.262 e. The molecular formula is C28H25N3O3S. The van der Waals surface area contributed by atoms with Gasteiger partial charge in [-0.3, -0.25) is 9.59 Å². The van der Waals surface area contributed by atoms with Crippen LogP contribution in [0.15, 0.2) is 90.4 Å². The van der Waals surface area contributed by atoms with Crippen LogP contribution in [-0.2, 0) is 11.2 Å². The van der Waals surface area contributed by atoms with Gasteiger partial charge in [-0.2, -0.15) is 0 Å². The summed E-state index contributed by atoms with van der Waals surface area (Å²) in [7, 11) is 0. The zero-order chi connectivity index (χ0) is 24.0. The number of H-pyrrole nitrogens is 1. The lowest BCUT2D eigenvalue weighted by Gasteiger charge is -2.18. The van der Waals surface area contributed by atoms with E-state index in [-0.39, 0.29) is 11.8 Å². The number of rotatable bonds is 9. The third kappa shape index (κ3) is 5.36. The topological polar surface area (TPSA) is 83.2 Å². The lowest BCUT2D eigenvalue weighted by molar-refractivity contribution is -0.123. The van der Waals surface area contributed by atoms with E-state index in [1.807, 2.05) is 78.3 Å². The van der Waals surface area contributed by atoms with Crippen molar-refractivity contribution in [1.82, 2.24) is 15.6 Å². The number of nitrogens with one attached hydrogen (secondary N) is 3. The Morgan fingerprint density at radius 1 is 0.943 bits per heavy atom. The Kier molecular flexibility index (Phi) is 6.77. The molecule has 0 saturated heterocycles. The minimum absolute atomic E-state index is 0.248. The van der Waals surface area contributed by atoms with Crippen LogP contribution in [0.25, 0.3) is 21.7 Å². The van der Waals surface area contributed by atoms with Crippen LogP contribution in [0.2, 0.25) is 0 Å². The van der Waals surface area contributed by atoms with Gasteiger partial charge in [0.15, 0.2) is 0 Å². The molecule has 0 aliphatic heterocycles. The number of benzene rings is 3. The Morgan fingerprint density at radius 3 is 2.63 bits per heavy atom. The molecule has 0 saturated carbocycles. The fourth-order valence-electron chi connectivity index (χ4n) is 4.09. The molecule has 2 amide bonds. The molecule has 0 aliphatic carbocycles. The molecule has 2 heterocycles. The molecule has 3 aromatic carbocycles. The fourth-order valence-corrected chi connectivity index (χ4v) is 4.72. The highest BCUT2D eigenvalue weighted by atomic mass is 32.1. The van der Waals surface area contributed by atoms with Crippen molar-refractivity contribution < 1.29 is 14.3 Å². The molecule has 1 unspecified atom stereocenters. The predicted octanol–water partition coefficient (Wildman–Crippen LogP) is 4.92. The summed E-state index contributed by atoms with van der Waals surface area (Å²) >= 11 is 1.35. The van der Waals surface area contributed by atoms with Crippen molar-refractivity contribution in [3.63, 3.8) is 0 Å². The summed E-state index contributed by atoms with van der Waals surface area (Å²) in [5.41, 5.74) is 1.97. The van der Waals surface area contributed by atoms with Gasteiger partial charge in [-0.05, 0) is 46.0 Å². The number of fused-ring (bicyclic) bond motifs is 2. The van der Waals surface area contributed by atoms with Crippen LogP contribution in [0.5, 0.6) is 5.75 Å². The highest BCUT2D eigenvalue weighted by molar-refractivity contribution is 7.12. The van der Waals surface area contributed by atoms with Crippen molar-refractivity contribution in [3.05, 3.63) is 101 Å². The summed E-state index contributed by atoms with van der Waals surface area (Å²) < 4.78 is 5.84. The van der Waals surface area contributed by atoms with Crippen molar-refractivity contribution in [2.75, 3.05) is 13.2 Å². The molecule has 0 aliphatic rings. The maximum atomic E-state index is 13.1. The third-order valence-corrected chi connectivity index (χ3v) is 6.73. The molecule has 35 heavy (non-hydrogen) atoms. The molecule has 1 atom stereocenters. The Balaban J connectivity index is 1.23. The van der Waals surface area contributed by atoms with Gasteiger partial charge in [0.1, 0.15) is 18.4 Å². The molecule has 2 aromatic heterocycles. The van der Waals surface area contributed by atoms with Gasteiger partial charge in [-0.25, -0.2) is 0 Å². The Bertz CT molecular complexity index is 1460. The molecule has 0 fully saturated rings. The number of para-hydroxylation sites is 1. The second kappa shape index (κ2) is 10.4. The minimum Gasteiger partial charge on any atom is -0.492 e. The van der Waals surface area contributed by atoms with E-state index in [2.05, 4.69) is 21.7 Å². The second-order valence-electron chi connectivity index (χ2n) is 8.22. The van der Waals surface area contributed by atoms with E-state index in [0.29, 0.717) is 24.4 Å². The van der Waals surface area contributed by atoms with Gasteiger partial charge in [0, 0.05) is 23.5 Å². The predicted molar refractivity (Wildman–Crippen MR) is 140 cm³/mol. The van der Waals surface area contributed by atoms with Crippen molar-refractivity contribution in [2.24, 2.45) is 0 Å². The zero-order valence-corrected chi connectivity index (χ0v) is 19.8. The van der Waals surface area contributed by atoms with Crippen molar-refractivity contribution in [3.8, 4) is 5.75 Å². The molecule has 0 bridgehead atoms. The molecule has 176 valence electrons. The van der Waals surface area contributed by atoms with Crippen molar-refractivity contribution in [2.45, 2.75) is 12.5 Å². The highest BCUT2D eigenvalue weighted by Gasteiger charge is 2.23. The maximum absolute atomic E-state index is 13.1. The standard InChI is InChI=1S/C28H25N3O3S/c32-27(29-13-14-34-22-12-11-19-6-1-2-7-20(19)16-22)25(31-28(33)26-10-5-15-35-26)17-21-18-30-24-9-4-3-8-23(21)24/h1-12,15-16,18,25,30H,13-14,17H2,(H,29,32)(H,31,33). The molecular weight excluding hydrogens is 458 g/mol. The Labute approximate surface area is 206 Å². The van der Waals surface area contributed by atoms with Crippen LogP contribution in [-0.4, -0.2) is 36.0 Å². The van der Waals surface area contributed by atoms with Crippen molar-refractivity contribution >= 4 is 44.8 Å². The fraction of sp³-hybridized carbons (Fsp3) is 0.143. The number of amides is 2. The molecule has 0 spiro atoms. The van der Waals surface area contributed by atoms with Crippen LogP contribution in [0.3, 0.4) is 0 Å². The van der Waals surface area contributed by atoms with E-state index in [1.54, 1.807) is 6.07 Å². The van der Waals surface area contributed by atoms with Gasteiger partial charge in [-0.1, -0.05) is 54.6 Å². The molecule has 6 nitrogen and oxygen atoms in total. The largest absolute Gasteiger partial charge is 0.492 e. The van der Waals surface area contributed by atoms with E-state index in [0.717, 1.165) is 33.0 Å². The quantitative estimate of drug-likeness (QED) is 0.260. The number of carbonyl (C=O) groups is 2. The van der Waals surface area contributed by atoms with Gasteiger partial charge in [-0.15, -0.1) is 11.3 Å². The van der Waals surface area contributed by atoms with E-state index >= 15 is 0 Å². The number of hydrogen-bond acceptors (Lipinski definition) is 4. The molecule has 5 aromatic rings. The van der Waals surface area contributed by atoms with Crippen molar-refractivity contribution in [1.29, 1.82) is 0 Å². The average Bonchev–Trinajstić information content (AvgIpc) is 3.57. The van der Waals surface area contributed by atoms with Gasteiger partial charge in [0.2, 0.25) is 5.91 Å². The minimum atomic E-state index is -0.718. The van der Waals surface area contributed by atoms with Crippen LogP contribution in [0.1, 0.15) is 15.2 Å². The lowest BCUT2D eigenvalue weighted by atomic mass is 10.0. The average molecular weight is 484 g/mol. The normalized spacial score (nSPS) is 11.9. The maximum Gasteiger partial charge on any atom is 0.262 e. The van der Waals surface area contributed by atoms with Gasteiger partial charge in [0.05, 0.1) is 11.4 Å². The van der Waals surface area contributed by atoms with Gasteiger partial charge >= 0.3 is 0 Å². The van der Waals surface area contributed by atoms with Gasteiger partial charge < -0.3 is 20.4 Å². The van der Waals surface area contributed by atoms with E-state index in [9.17, 15) is 9.59 Å². The summed E-state index contributed by atoms with van der Waals surface area (Å²) in [6, 6.07) is 24.8. The van der Waals surface area contributed by atoms with Crippen LogP contribution >= 0.6 is 11.3 Å². The zero-order valence-electron chi connectivity index (χ0n) is 19.0. The summed E-state index contributed by atoms with van der Waals surface area (Å²) in [5.74, 6) is 0.244. The van der Waals surface area contributed by atoms with E-state index in [4.69, 9.17) is 4.74 Å². The number of aromatic amines is 1. The summed E-state index contributed by atoms with van der Waals surface area (Å²) in [6.45, 7) is 0.647. The first-order valence-electron chi connectivity index (χ1n) is 11.5. The SMILES string of the molecule is O=C(NC(Cc1c[nH]c2ccccc12)C(=O)NCCOc1ccc2ccccc2c1)c1cccs1. The van der Waals surface area contributed by atoms with Crippen LogP contribution < -0.4 is 15.4 Å². The molecule has 0 radical (unpaired) electrons. The first kappa shape index (κ1) is 22.7. The molecule has 7 heteroatoms. The van der Waals surface area contributed by atoms with Crippen LogP contribution in [0.4, 0.5) is 0 Å². The van der Waals surface area contributed by atoms with Gasteiger partial charge in [0.25, 0.3) is 5.91 Å². The summed E-state index contributed by atoms with van der Waals surface area (Å²) in [4.78, 5) is 29.6. The number of ether oxygens (including phenoxy) is 1. The Hall–Kier alpha value is -4.10. The monoisotopic (exact) mass is 483 g/mol. The van der Waals surface area contributed by atoms with Crippen LogP contribution in [0, 0.1) is 0 Å². The lowest BCUT2D eigenvalue weighted by Crippen LogP contribution is -2.48. The first-order chi connectivity index (χ1) is 17.2. The highest BCUT2D eigenvalue weighted by Crippen LogP contribution is 2.21. The number of hydrogen-bond donors (Lipinski definition) is 3. The second-order valence-corrected chi connectivity index (χ2v) is 9.16.